The van der Waals surface area contributed by atoms with Crippen LogP contribution in [-0.4, -0.2) is 23.0 Å². The molecule has 3 aliphatic carbocycles. The monoisotopic (exact) mass is 512 g/mol. The molecule has 200 valence electrons. The molecule has 0 bridgehead atoms. The molecule has 3 saturated carbocycles. The zero-order valence-electron chi connectivity index (χ0n) is 22.5. The number of hydrogen-bond acceptors (Lipinski definition) is 3. The van der Waals surface area contributed by atoms with Crippen LogP contribution in [0.3, 0.4) is 0 Å². The Hall–Kier alpha value is -2.92. The van der Waals surface area contributed by atoms with Crippen LogP contribution in [0.2, 0.25) is 0 Å². The first-order valence-corrected chi connectivity index (χ1v) is 14.4. The van der Waals surface area contributed by atoms with Crippen LogP contribution in [0.5, 0.6) is 0 Å². The van der Waals surface area contributed by atoms with Crippen molar-refractivity contribution in [3.8, 4) is 0 Å². The van der Waals surface area contributed by atoms with Gasteiger partial charge in [-0.1, -0.05) is 80.6 Å². The van der Waals surface area contributed by atoms with Crippen molar-refractivity contribution in [1.29, 1.82) is 0 Å². The maximum Gasteiger partial charge on any atom is 0.243 e. The molecule has 3 N–H and O–H groups in total. The zero-order valence-corrected chi connectivity index (χ0v) is 22.5. The van der Waals surface area contributed by atoms with Crippen molar-refractivity contribution in [3.63, 3.8) is 0 Å². The number of carbonyl (C=O) groups excluding carboxylic acids is 2. The van der Waals surface area contributed by atoms with Crippen LogP contribution in [0.1, 0.15) is 75.6 Å². The molecule has 4 aliphatic rings. The third-order valence-corrected chi connectivity index (χ3v) is 10.9. The van der Waals surface area contributed by atoms with Gasteiger partial charge in [0.15, 0.2) is 0 Å². The van der Waals surface area contributed by atoms with E-state index in [1.54, 1.807) is 6.08 Å². The van der Waals surface area contributed by atoms with Gasteiger partial charge >= 0.3 is 0 Å². The summed E-state index contributed by atoms with van der Waals surface area (Å²) in [7, 11) is 0. The first-order valence-electron chi connectivity index (χ1n) is 14.4. The molecule has 2 aromatic rings. The van der Waals surface area contributed by atoms with E-state index in [1.165, 1.54) is 0 Å². The van der Waals surface area contributed by atoms with Gasteiger partial charge in [-0.3, -0.25) is 9.59 Å². The van der Waals surface area contributed by atoms with Crippen LogP contribution in [0.15, 0.2) is 72.8 Å². The second-order valence-electron chi connectivity index (χ2n) is 12.6. The fourth-order valence-corrected chi connectivity index (χ4v) is 8.87. The lowest BCUT2D eigenvalue weighted by atomic mass is 9.48. The normalized spacial score (nSPS) is 37.2. The summed E-state index contributed by atoms with van der Waals surface area (Å²) in [5.74, 6) is 1.67. The fourth-order valence-electron chi connectivity index (χ4n) is 8.87. The lowest BCUT2D eigenvalue weighted by Gasteiger charge is -2.58. The zero-order chi connectivity index (χ0) is 26.5. The average molecular weight is 513 g/mol. The van der Waals surface area contributed by atoms with Crippen molar-refractivity contribution in [2.45, 2.75) is 70.6 Å². The number of carbonyl (C=O) groups is 2. The standard InChI is InChI=1S/C33H40N2O3/c1-32-19-17-25-23(13-16-27-33(25,2)20-18-28(36)34-27)24(32)14-15-26(32)31(38)35-29(21-9-5-3-6-10-21)30(37)22-11-7-4-8-12-22/h3-12,18,20,23-27,29-30,37H,13-17,19H2,1-2H3,(H,34,36)(H,35,38)/t23-,24-,25-,26+,27+,29-,30+,32-,33+/m0/s1. The Bertz CT molecular complexity index is 1210. The Labute approximate surface area is 226 Å². The van der Waals surface area contributed by atoms with Gasteiger partial charge in [-0.2, -0.15) is 0 Å². The van der Waals surface area contributed by atoms with E-state index in [1.807, 2.05) is 60.7 Å². The van der Waals surface area contributed by atoms with E-state index in [4.69, 9.17) is 0 Å². The Kier molecular flexibility index (Phi) is 6.46. The van der Waals surface area contributed by atoms with Gasteiger partial charge in [-0.15, -0.1) is 0 Å². The van der Waals surface area contributed by atoms with Crippen LogP contribution < -0.4 is 10.6 Å². The van der Waals surface area contributed by atoms with Gasteiger partial charge in [0.05, 0.1) is 6.04 Å². The summed E-state index contributed by atoms with van der Waals surface area (Å²) in [6.45, 7) is 4.69. The highest BCUT2D eigenvalue weighted by Gasteiger charge is 2.61. The molecule has 38 heavy (non-hydrogen) atoms. The molecule has 9 atom stereocenters. The summed E-state index contributed by atoms with van der Waals surface area (Å²) in [5.41, 5.74) is 1.67. The molecule has 0 aromatic heterocycles. The minimum Gasteiger partial charge on any atom is -0.386 e. The molecule has 0 spiro atoms. The number of nitrogens with one attached hydrogen (secondary N) is 2. The summed E-state index contributed by atoms with van der Waals surface area (Å²) in [5, 5.41) is 17.9. The lowest BCUT2D eigenvalue weighted by molar-refractivity contribution is -0.135. The van der Waals surface area contributed by atoms with Crippen molar-refractivity contribution in [2.75, 3.05) is 0 Å². The minimum atomic E-state index is -0.827. The van der Waals surface area contributed by atoms with Gasteiger partial charge in [-0.25, -0.2) is 0 Å². The van der Waals surface area contributed by atoms with Crippen LogP contribution >= 0.6 is 0 Å². The van der Waals surface area contributed by atoms with Crippen LogP contribution in [-0.2, 0) is 9.59 Å². The van der Waals surface area contributed by atoms with E-state index in [0.717, 1.165) is 49.7 Å². The number of aliphatic hydroxyl groups is 1. The molecular weight excluding hydrogens is 472 g/mol. The number of amides is 2. The minimum absolute atomic E-state index is 0.00327. The number of benzene rings is 2. The maximum absolute atomic E-state index is 14.0. The predicted octanol–water partition coefficient (Wildman–Crippen LogP) is 5.49. The highest BCUT2D eigenvalue weighted by atomic mass is 16.3. The molecule has 0 radical (unpaired) electrons. The number of rotatable bonds is 5. The highest BCUT2D eigenvalue weighted by molar-refractivity contribution is 5.89. The molecule has 5 heteroatoms. The molecule has 1 aliphatic heterocycles. The second-order valence-corrected chi connectivity index (χ2v) is 12.6. The first kappa shape index (κ1) is 25.4. The molecule has 6 rings (SSSR count). The Morgan fingerprint density at radius 1 is 0.921 bits per heavy atom. The third-order valence-electron chi connectivity index (χ3n) is 10.9. The predicted molar refractivity (Wildman–Crippen MR) is 148 cm³/mol. The summed E-state index contributed by atoms with van der Waals surface area (Å²) in [6, 6.07) is 19.2. The topological polar surface area (TPSA) is 78.4 Å². The molecular formula is C33H40N2O3. The number of hydrogen-bond donors (Lipinski definition) is 3. The van der Waals surface area contributed by atoms with E-state index in [0.29, 0.717) is 17.8 Å². The molecule has 0 saturated heterocycles. The van der Waals surface area contributed by atoms with Gasteiger partial charge in [-0.05, 0) is 78.9 Å². The van der Waals surface area contributed by atoms with Crippen LogP contribution in [0.4, 0.5) is 0 Å². The van der Waals surface area contributed by atoms with Gasteiger partial charge in [0, 0.05) is 17.4 Å². The summed E-state index contributed by atoms with van der Waals surface area (Å²) in [4.78, 5) is 26.1. The van der Waals surface area contributed by atoms with Crippen LogP contribution in [0, 0.1) is 34.5 Å². The molecule has 2 aromatic carbocycles. The van der Waals surface area contributed by atoms with Crippen molar-refractivity contribution in [3.05, 3.63) is 83.9 Å². The molecule has 1 heterocycles. The fraction of sp³-hybridized carbons (Fsp3) is 0.515. The molecule has 0 unspecified atom stereocenters. The van der Waals surface area contributed by atoms with Crippen molar-refractivity contribution in [1.82, 2.24) is 10.6 Å². The van der Waals surface area contributed by atoms with E-state index in [2.05, 4.69) is 30.6 Å². The van der Waals surface area contributed by atoms with E-state index in [9.17, 15) is 14.7 Å². The summed E-state index contributed by atoms with van der Waals surface area (Å²) < 4.78 is 0. The lowest BCUT2D eigenvalue weighted by Crippen LogP contribution is -2.59. The van der Waals surface area contributed by atoms with Crippen molar-refractivity contribution >= 4 is 11.8 Å². The number of aliphatic hydroxyl groups excluding tert-OH is 1. The maximum atomic E-state index is 14.0. The summed E-state index contributed by atoms with van der Waals surface area (Å²) >= 11 is 0. The Morgan fingerprint density at radius 2 is 1.61 bits per heavy atom. The first-order chi connectivity index (χ1) is 18.3. The molecule has 2 amide bonds. The quantitative estimate of drug-likeness (QED) is 0.496. The Morgan fingerprint density at radius 3 is 2.32 bits per heavy atom. The third kappa shape index (κ3) is 4.10. The second kappa shape index (κ2) is 9.68. The number of fused-ring (bicyclic) bond motifs is 5. The van der Waals surface area contributed by atoms with E-state index in [-0.39, 0.29) is 34.6 Å². The smallest absolute Gasteiger partial charge is 0.243 e. The molecule has 3 fully saturated rings. The van der Waals surface area contributed by atoms with Crippen molar-refractivity contribution < 1.29 is 14.7 Å². The van der Waals surface area contributed by atoms with E-state index >= 15 is 0 Å². The van der Waals surface area contributed by atoms with Gasteiger partial charge in [0.2, 0.25) is 11.8 Å². The highest BCUT2D eigenvalue weighted by Crippen LogP contribution is 2.65. The van der Waals surface area contributed by atoms with E-state index < -0.39 is 12.1 Å². The van der Waals surface area contributed by atoms with Gasteiger partial charge in [0.25, 0.3) is 0 Å². The Balaban J connectivity index is 1.24. The van der Waals surface area contributed by atoms with Crippen molar-refractivity contribution in [2.24, 2.45) is 34.5 Å². The van der Waals surface area contributed by atoms with Crippen LogP contribution in [0.25, 0.3) is 0 Å². The summed E-state index contributed by atoms with van der Waals surface area (Å²) in [6.07, 6.45) is 9.30. The molecule has 5 nitrogen and oxygen atoms in total. The van der Waals surface area contributed by atoms with Gasteiger partial charge < -0.3 is 15.7 Å². The average Bonchev–Trinajstić information content (AvgIpc) is 3.30. The largest absolute Gasteiger partial charge is 0.386 e. The van der Waals surface area contributed by atoms with Gasteiger partial charge in [0.1, 0.15) is 6.10 Å². The SMILES string of the molecule is C[C@]12C=CC(=O)N[C@@H]1CC[C@@H]1[C@@H]2CC[C@]2(C)[C@@H](C(=O)N[C@@H](c3ccccc3)[C@H](O)c3ccccc3)CC[C@@H]12.